The number of rotatable bonds is 2. The largest absolute Gasteiger partial charge is 0.465 e. The third-order valence-electron chi connectivity index (χ3n) is 0.621. The third kappa shape index (κ3) is 4.89. The highest BCUT2D eigenvalue weighted by atomic mass is 16.5. The lowest BCUT2D eigenvalue weighted by molar-refractivity contribution is -0.138. The highest BCUT2D eigenvalue weighted by molar-refractivity contribution is 5.82. The quantitative estimate of drug-likeness (QED) is 0.402. The second kappa shape index (κ2) is 5.17. The molecule has 0 rings (SSSR count). The van der Waals surface area contributed by atoms with E-state index in [-0.39, 0.29) is 5.97 Å². The zero-order valence-corrected chi connectivity index (χ0v) is 5.60. The van der Waals surface area contributed by atoms with Gasteiger partial charge in [-0.25, -0.2) is 0 Å². The summed E-state index contributed by atoms with van der Waals surface area (Å²) < 4.78 is 4.55. The van der Waals surface area contributed by atoms with Crippen LogP contribution in [0.4, 0.5) is 0 Å². The van der Waals surface area contributed by atoms with Crippen LogP contribution in [-0.2, 0) is 9.53 Å². The van der Waals surface area contributed by atoms with Gasteiger partial charge in [0, 0.05) is 0 Å². The Bertz CT molecular complexity index is 139. The average Bonchev–Trinajstić information content (AvgIpc) is 1.85. The SMILES string of the molecule is CC#C[CH]C(=O)OCC. The first-order valence-corrected chi connectivity index (χ1v) is 2.73. The van der Waals surface area contributed by atoms with Gasteiger partial charge in [0.2, 0.25) is 0 Å². The van der Waals surface area contributed by atoms with Gasteiger partial charge in [-0.1, -0.05) is 5.92 Å². The Morgan fingerprint density at radius 3 is 2.89 bits per heavy atom. The molecule has 9 heavy (non-hydrogen) atoms. The maximum absolute atomic E-state index is 10.4. The van der Waals surface area contributed by atoms with E-state index in [9.17, 15) is 4.79 Å². The molecule has 0 aromatic carbocycles. The van der Waals surface area contributed by atoms with Crippen molar-refractivity contribution < 1.29 is 9.53 Å². The molecule has 0 aliphatic rings. The maximum Gasteiger partial charge on any atom is 0.323 e. The van der Waals surface area contributed by atoms with Crippen LogP contribution in [0.5, 0.6) is 0 Å². The van der Waals surface area contributed by atoms with Crippen molar-refractivity contribution in [1.82, 2.24) is 0 Å². The Labute approximate surface area is 55.2 Å². The second-order valence-corrected chi connectivity index (χ2v) is 1.29. The predicted octanol–water partition coefficient (Wildman–Crippen LogP) is 0.777. The van der Waals surface area contributed by atoms with Crippen molar-refractivity contribution in [2.75, 3.05) is 6.61 Å². The van der Waals surface area contributed by atoms with E-state index in [0.29, 0.717) is 6.61 Å². The molecule has 0 aliphatic carbocycles. The number of ether oxygens (including phenoxy) is 1. The molecule has 0 N–H and O–H groups in total. The van der Waals surface area contributed by atoms with Gasteiger partial charge in [-0.15, -0.1) is 5.92 Å². The molecular weight excluding hydrogens is 116 g/mol. The Kier molecular flexibility index (Phi) is 4.61. The van der Waals surface area contributed by atoms with Gasteiger partial charge in [-0.05, 0) is 13.8 Å². The van der Waals surface area contributed by atoms with Crippen molar-refractivity contribution in [2.24, 2.45) is 0 Å². The zero-order valence-electron chi connectivity index (χ0n) is 5.60. The van der Waals surface area contributed by atoms with Crippen LogP contribution in [-0.4, -0.2) is 12.6 Å². The minimum Gasteiger partial charge on any atom is -0.465 e. The topological polar surface area (TPSA) is 26.3 Å². The van der Waals surface area contributed by atoms with E-state index in [1.807, 2.05) is 0 Å². The minimum absolute atomic E-state index is 0.369. The molecule has 0 aromatic heterocycles. The Hall–Kier alpha value is -0.970. The van der Waals surface area contributed by atoms with Crippen molar-refractivity contribution >= 4 is 5.97 Å². The molecule has 0 spiro atoms. The summed E-state index contributed by atoms with van der Waals surface area (Å²) in [5.74, 6) is 4.67. The second-order valence-electron chi connectivity index (χ2n) is 1.29. The van der Waals surface area contributed by atoms with Crippen molar-refractivity contribution in [3.63, 3.8) is 0 Å². The number of esters is 1. The number of carbonyl (C=O) groups is 1. The number of hydrogen-bond acceptors (Lipinski definition) is 2. The Morgan fingerprint density at radius 2 is 2.44 bits per heavy atom. The Morgan fingerprint density at radius 1 is 1.78 bits per heavy atom. The van der Waals surface area contributed by atoms with E-state index >= 15 is 0 Å². The number of hydrogen-bond donors (Lipinski definition) is 0. The van der Waals surface area contributed by atoms with Gasteiger partial charge in [0.1, 0.15) is 6.42 Å². The van der Waals surface area contributed by atoms with E-state index in [1.165, 1.54) is 6.42 Å². The smallest absolute Gasteiger partial charge is 0.323 e. The van der Waals surface area contributed by atoms with Crippen LogP contribution in [0.15, 0.2) is 0 Å². The summed E-state index contributed by atoms with van der Waals surface area (Å²) in [4.78, 5) is 10.4. The standard InChI is InChI=1S/C7H9O2/c1-3-5-6-7(8)9-4-2/h6H,4H2,1-2H3. The molecule has 0 fully saturated rings. The fourth-order valence-electron chi connectivity index (χ4n) is 0.315. The van der Waals surface area contributed by atoms with Gasteiger partial charge in [0.25, 0.3) is 0 Å². The summed E-state index contributed by atoms with van der Waals surface area (Å²) >= 11 is 0. The first kappa shape index (κ1) is 8.03. The lowest BCUT2D eigenvalue weighted by Gasteiger charge is -1.93. The molecule has 0 aromatic rings. The molecule has 0 heterocycles. The predicted molar refractivity (Wildman–Crippen MR) is 34.4 cm³/mol. The van der Waals surface area contributed by atoms with Crippen LogP contribution in [0.3, 0.4) is 0 Å². The zero-order chi connectivity index (χ0) is 7.11. The number of carbonyl (C=O) groups excluding carboxylic acids is 1. The Balaban J connectivity index is 3.35. The summed E-state index contributed by atoms with van der Waals surface area (Å²) in [7, 11) is 0. The minimum atomic E-state index is -0.369. The third-order valence-corrected chi connectivity index (χ3v) is 0.621. The molecular formula is C7H9O2. The summed E-state index contributed by atoms with van der Waals surface area (Å²) in [6.45, 7) is 3.82. The van der Waals surface area contributed by atoms with Crippen LogP contribution >= 0.6 is 0 Å². The first-order chi connectivity index (χ1) is 4.31. The highest BCUT2D eigenvalue weighted by Gasteiger charge is 1.95. The molecule has 49 valence electrons. The highest BCUT2D eigenvalue weighted by Crippen LogP contribution is 1.80. The van der Waals surface area contributed by atoms with E-state index < -0.39 is 0 Å². The summed E-state index contributed by atoms with van der Waals surface area (Å²) in [5, 5.41) is 0. The van der Waals surface area contributed by atoms with Crippen molar-refractivity contribution in [2.45, 2.75) is 13.8 Å². The van der Waals surface area contributed by atoms with Crippen LogP contribution in [0, 0.1) is 18.3 Å². The molecule has 2 heteroatoms. The van der Waals surface area contributed by atoms with Gasteiger partial charge >= 0.3 is 5.97 Å². The van der Waals surface area contributed by atoms with Crippen LogP contribution in [0.25, 0.3) is 0 Å². The van der Waals surface area contributed by atoms with E-state index in [1.54, 1.807) is 13.8 Å². The summed E-state index contributed by atoms with van der Waals surface area (Å²) in [6.07, 6.45) is 1.21. The van der Waals surface area contributed by atoms with Gasteiger partial charge in [0.15, 0.2) is 0 Å². The molecule has 0 amide bonds. The van der Waals surface area contributed by atoms with Gasteiger partial charge in [-0.2, -0.15) is 0 Å². The van der Waals surface area contributed by atoms with Gasteiger partial charge in [0.05, 0.1) is 6.61 Å². The lowest BCUT2D eigenvalue weighted by Crippen LogP contribution is -2.02. The fraction of sp³-hybridized carbons (Fsp3) is 0.429. The van der Waals surface area contributed by atoms with E-state index in [2.05, 4.69) is 16.6 Å². The molecule has 0 saturated heterocycles. The summed E-state index contributed by atoms with van der Waals surface area (Å²) in [5.41, 5.74) is 0. The van der Waals surface area contributed by atoms with Gasteiger partial charge < -0.3 is 4.74 Å². The first-order valence-electron chi connectivity index (χ1n) is 2.73. The lowest BCUT2D eigenvalue weighted by atomic mass is 10.4. The van der Waals surface area contributed by atoms with E-state index in [4.69, 9.17) is 0 Å². The fourth-order valence-corrected chi connectivity index (χ4v) is 0.315. The van der Waals surface area contributed by atoms with Crippen LogP contribution < -0.4 is 0 Å². The average molecular weight is 125 g/mol. The summed E-state index contributed by atoms with van der Waals surface area (Å²) in [6, 6.07) is 0. The van der Waals surface area contributed by atoms with Gasteiger partial charge in [-0.3, -0.25) is 4.79 Å². The molecule has 0 aliphatic heterocycles. The molecule has 0 unspecified atom stereocenters. The van der Waals surface area contributed by atoms with E-state index in [0.717, 1.165) is 0 Å². The molecule has 0 bridgehead atoms. The van der Waals surface area contributed by atoms with Crippen LogP contribution in [0.1, 0.15) is 13.8 Å². The molecule has 2 nitrogen and oxygen atoms in total. The van der Waals surface area contributed by atoms with Crippen LogP contribution in [0.2, 0.25) is 0 Å². The normalized spacial score (nSPS) is 7.33. The van der Waals surface area contributed by atoms with Crippen molar-refractivity contribution in [1.29, 1.82) is 0 Å². The van der Waals surface area contributed by atoms with Crippen molar-refractivity contribution in [3.8, 4) is 11.8 Å². The van der Waals surface area contributed by atoms with Crippen molar-refractivity contribution in [3.05, 3.63) is 6.42 Å². The molecule has 0 atom stereocenters. The molecule has 1 radical (unpaired) electrons. The monoisotopic (exact) mass is 125 g/mol. The maximum atomic E-state index is 10.4. The molecule has 0 saturated carbocycles.